The molecule has 0 fully saturated rings. The Bertz CT molecular complexity index is 713. The second-order valence-corrected chi connectivity index (χ2v) is 7.92. The van der Waals surface area contributed by atoms with Crippen LogP contribution in [0, 0.1) is 12.8 Å². The predicted molar refractivity (Wildman–Crippen MR) is 109 cm³/mol. The fourth-order valence-corrected chi connectivity index (χ4v) is 3.51. The highest BCUT2D eigenvalue weighted by molar-refractivity contribution is 7.09. The summed E-state index contributed by atoms with van der Waals surface area (Å²) in [7, 11) is 0. The molecule has 6 heteroatoms. The summed E-state index contributed by atoms with van der Waals surface area (Å²) >= 11 is 1.62. The molecular weight excluding hydrogens is 360 g/mol. The van der Waals surface area contributed by atoms with E-state index in [1.54, 1.807) is 11.3 Å². The molecule has 5 nitrogen and oxygen atoms in total. The van der Waals surface area contributed by atoms with Crippen molar-refractivity contribution < 1.29 is 14.6 Å². The molecule has 1 aromatic heterocycles. The third kappa shape index (κ3) is 7.69. The minimum absolute atomic E-state index is 0.119. The van der Waals surface area contributed by atoms with Crippen molar-refractivity contribution in [2.45, 2.75) is 53.1 Å². The van der Waals surface area contributed by atoms with Gasteiger partial charge in [0, 0.05) is 25.0 Å². The van der Waals surface area contributed by atoms with Gasteiger partial charge >= 0.3 is 5.97 Å². The minimum Gasteiger partial charge on any atom is -0.493 e. The largest absolute Gasteiger partial charge is 0.493 e. The molecule has 2 aromatic rings. The van der Waals surface area contributed by atoms with Crippen LogP contribution in [0.3, 0.4) is 0 Å². The van der Waals surface area contributed by atoms with Gasteiger partial charge in [0.2, 0.25) is 0 Å². The Morgan fingerprint density at radius 2 is 2.07 bits per heavy atom. The van der Waals surface area contributed by atoms with E-state index in [4.69, 9.17) is 9.84 Å². The van der Waals surface area contributed by atoms with Crippen LogP contribution in [-0.2, 0) is 17.9 Å². The number of aromatic nitrogens is 1. The first kappa shape index (κ1) is 21.4. The molecule has 0 unspecified atom stereocenters. The summed E-state index contributed by atoms with van der Waals surface area (Å²) in [5.74, 6) is 0.674. The highest BCUT2D eigenvalue weighted by Gasteiger charge is 2.12. The summed E-state index contributed by atoms with van der Waals surface area (Å²) in [4.78, 5) is 17.6. The fraction of sp³-hybridized carbons (Fsp3) is 0.524. The van der Waals surface area contributed by atoms with E-state index in [1.807, 2.05) is 24.4 Å². The quantitative estimate of drug-likeness (QED) is 0.567. The number of ether oxygens (including phenoxy) is 1. The first-order valence-corrected chi connectivity index (χ1v) is 10.4. The van der Waals surface area contributed by atoms with Gasteiger partial charge in [-0.15, -0.1) is 11.3 Å². The highest BCUT2D eigenvalue weighted by atomic mass is 32.1. The second kappa shape index (κ2) is 11.0. The SMILES string of the molecule is CCC(CC)COc1cccc(CN(CCC(=O)O)Cc2csc(C)n2)c1. The third-order valence-corrected chi connectivity index (χ3v) is 5.46. The molecule has 0 aliphatic carbocycles. The topological polar surface area (TPSA) is 62.7 Å². The van der Waals surface area contributed by atoms with Crippen LogP contribution in [-0.4, -0.2) is 34.1 Å². The number of carbonyl (C=O) groups is 1. The average molecular weight is 391 g/mol. The molecule has 0 radical (unpaired) electrons. The van der Waals surface area contributed by atoms with Gasteiger partial charge in [0.1, 0.15) is 5.75 Å². The Morgan fingerprint density at radius 3 is 2.70 bits per heavy atom. The zero-order valence-electron chi connectivity index (χ0n) is 16.5. The van der Waals surface area contributed by atoms with Gasteiger partial charge in [0.05, 0.1) is 23.7 Å². The molecule has 148 valence electrons. The van der Waals surface area contributed by atoms with Gasteiger partial charge in [-0.3, -0.25) is 9.69 Å². The Hall–Kier alpha value is -1.92. The van der Waals surface area contributed by atoms with E-state index >= 15 is 0 Å². The van der Waals surface area contributed by atoms with E-state index in [1.165, 1.54) is 0 Å². The summed E-state index contributed by atoms with van der Waals surface area (Å²) in [5, 5.41) is 12.1. The number of carboxylic acids is 1. The summed E-state index contributed by atoms with van der Waals surface area (Å²) in [6.07, 6.45) is 2.35. The smallest absolute Gasteiger partial charge is 0.304 e. The molecule has 0 aliphatic rings. The average Bonchev–Trinajstić information content (AvgIpc) is 3.05. The van der Waals surface area contributed by atoms with Crippen LogP contribution in [0.2, 0.25) is 0 Å². The Kier molecular flexibility index (Phi) is 8.75. The van der Waals surface area contributed by atoms with Crippen molar-refractivity contribution in [3.8, 4) is 5.75 Å². The molecule has 0 spiro atoms. The van der Waals surface area contributed by atoms with Gasteiger partial charge in [0.25, 0.3) is 0 Å². The van der Waals surface area contributed by atoms with Crippen molar-refractivity contribution in [3.63, 3.8) is 0 Å². The summed E-state index contributed by atoms with van der Waals surface area (Å²) in [5.41, 5.74) is 2.11. The highest BCUT2D eigenvalue weighted by Crippen LogP contribution is 2.19. The molecule has 0 saturated carbocycles. The fourth-order valence-electron chi connectivity index (χ4n) is 2.91. The monoisotopic (exact) mass is 390 g/mol. The molecule has 2 rings (SSSR count). The number of carboxylic acid groups (broad SMARTS) is 1. The third-order valence-electron chi connectivity index (χ3n) is 4.64. The Labute approximate surface area is 166 Å². The maximum absolute atomic E-state index is 11.0. The molecule has 0 aliphatic heterocycles. The maximum Gasteiger partial charge on any atom is 0.304 e. The van der Waals surface area contributed by atoms with Crippen molar-refractivity contribution in [1.29, 1.82) is 0 Å². The van der Waals surface area contributed by atoms with Gasteiger partial charge in [-0.25, -0.2) is 4.98 Å². The standard InChI is InChI=1S/C21H30N2O3S/c1-4-17(5-2)14-26-20-8-6-7-18(11-20)12-23(10-9-21(24)25)13-19-15-27-16(3)22-19/h6-8,11,15,17H,4-5,9-10,12-14H2,1-3H3,(H,24,25). The molecule has 0 saturated heterocycles. The Morgan fingerprint density at radius 1 is 1.30 bits per heavy atom. The number of nitrogens with zero attached hydrogens (tertiary/aromatic N) is 2. The van der Waals surface area contributed by atoms with Crippen molar-refractivity contribution >= 4 is 17.3 Å². The molecule has 1 N–H and O–H groups in total. The van der Waals surface area contributed by atoms with E-state index < -0.39 is 5.97 Å². The molecule has 1 heterocycles. The lowest BCUT2D eigenvalue weighted by molar-refractivity contribution is -0.137. The number of aliphatic carboxylic acids is 1. The number of rotatable bonds is 12. The lowest BCUT2D eigenvalue weighted by Gasteiger charge is -2.21. The first-order chi connectivity index (χ1) is 13.0. The van der Waals surface area contributed by atoms with Gasteiger partial charge in [-0.05, 0) is 30.5 Å². The van der Waals surface area contributed by atoms with Gasteiger partial charge in [0.15, 0.2) is 0 Å². The van der Waals surface area contributed by atoms with Gasteiger partial charge in [-0.1, -0.05) is 38.8 Å². The van der Waals surface area contributed by atoms with E-state index in [0.29, 0.717) is 25.6 Å². The minimum atomic E-state index is -0.781. The normalized spacial score (nSPS) is 11.3. The Balaban J connectivity index is 2.02. The predicted octanol–water partition coefficient (Wildman–Crippen LogP) is 4.74. The lowest BCUT2D eigenvalue weighted by atomic mass is 10.1. The van der Waals surface area contributed by atoms with Gasteiger partial charge < -0.3 is 9.84 Å². The van der Waals surface area contributed by atoms with Crippen molar-refractivity contribution in [3.05, 3.63) is 45.9 Å². The summed E-state index contributed by atoms with van der Waals surface area (Å²) < 4.78 is 5.97. The molecule has 27 heavy (non-hydrogen) atoms. The maximum atomic E-state index is 11.0. The van der Waals surface area contributed by atoms with Crippen LogP contribution in [0.25, 0.3) is 0 Å². The number of thiazole rings is 1. The number of hydrogen-bond donors (Lipinski definition) is 1. The molecule has 0 atom stereocenters. The van der Waals surface area contributed by atoms with Crippen molar-refractivity contribution in [1.82, 2.24) is 9.88 Å². The zero-order chi connectivity index (χ0) is 19.6. The van der Waals surface area contributed by atoms with E-state index in [9.17, 15) is 4.79 Å². The van der Waals surface area contributed by atoms with Crippen LogP contribution in [0.5, 0.6) is 5.75 Å². The van der Waals surface area contributed by atoms with Crippen molar-refractivity contribution in [2.24, 2.45) is 5.92 Å². The first-order valence-electron chi connectivity index (χ1n) is 9.57. The second-order valence-electron chi connectivity index (χ2n) is 6.85. The van der Waals surface area contributed by atoms with Crippen LogP contribution in [0.1, 0.15) is 49.4 Å². The van der Waals surface area contributed by atoms with Crippen LogP contribution >= 0.6 is 11.3 Å². The molecule has 1 aromatic carbocycles. The summed E-state index contributed by atoms with van der Waals surface area (Å²) in [6, 6.07) is 8.10. The summed E-state index contributed by atoms with van der Waals surface area (Å²) in [6.45, 7) is 8.91. The molecule has 0 amide bonds. The van der Waals surface area contributed by atoms with Crippen LogP contribution in [0.15, 0.2) is 29.6 Å². The number of hydrogen-bond acceptors (Lipinski definition) is 5. The lowest BCUT2D eigenvalue weighted by Crippen LogP contribution is -2.26. The number of aryl methyl sites for hydroxylation is 1. The zero-order valence-corrected chi connectivity index (χ0v) is 17.3. The van der Waals surface area contributed by atoms with Crippen LogP contribution in [0.4, 0.5) is 0 Å². The van der Waals surface area contributed by atoms with E-state index in [0.717, 1.165) is 41.5 Å². The number of benzene rings is 1. The van der Waals surface area contributed by atoms with E-state index in [2.05, 4.69) is 35.9 Å². The van der Waals surface area contributed by atoms with Crippen LogP contribution < -0.4 is 4.74 Å². The molecular formula is C21H30N2O3S. The van der Waals surface area contributed by atoms with Gasteiger partial charge in [-0.2, -0.15) is 0 Å². The van der Waals surface area contributed by atoms with Crippen molar-refractivity contribution in [2.75, 3.05) is 13.2 Å². The van der Waals surface area contributed by atoms with E-state index in [-0.39, 0.29) is 6.42 Å². The molecule has 0 bridgehead atoms.